The molecule has 1 aromatic heterocycles. The van der Waals surface area contributed by atoms with Gasteiger partial charge in [0.1, 0.15) is 28.1 Å². The minimum Gasteiger partial charge on any atom is -0.496 e. The molecule has 9 heteroatoms. The molecule has 0 bridgehead atoms. The van der Waals surface area contributed by atoms with Crippen LogP contribution in [0.1, 0.15) is 0 Å². The summed E-state index contributed by atoms with van der Waals surface area (Å²) in [5.41, 5.74) is 0. The van der Waals surface area contributed by atoms with Gasteiger partial charge in [0.25, 0.3) is 0 Å². The summed E-state index contributed by atoms with van der Waals surface area (Å²) in [5.74, 6) is 1.71. The topological polar surface area (TPSA) is 73.9 Å². The van der Waals surface area contributed by atoms with Crippen LogP contribution in [0.25, 0.3) is 0 Å². The van der Waals surface area contributed by atoms with Gasteiger partial charge in [0, 0.05) is 24.7 Å². The predicted octanol–water partition coefficient (Wildman–Crippen LogP) is 2.78. The van der Waals surface area contributed by atoms with Crippen molar-refractivity contribution in [2.75, 3.05) is 27.4 Å². The predicted molar refractivity (Wildman–Crippen MR) is 89.6 cm³/mol. The van der Waals surface area contributed by atoms with Crippen molar-refractivity contribution in [3.63, 3.8) is 0 Å². The molecule has 1 heterocycles. The summed E-state index contributed by atoms with van der Waals surface area (Å²) in [6.45, 7) is 0.284. The third-order valence-electron chi connectivity index (χ3n) is 2.80. The zero-order chi connectivity index (χ0) is 16.9. The number of hydrogen-bond acceptors (Lipinski definition) is 6. The molecule has 1 N–H and O–H groups in total. The highest BCUT2D eigenvalue weighted by Gasteiger charge is 2.15. The zero-order valence-corrected chi connectivity index (χ0v) is 14.9. The first-order chi connectivity index (χ1) is 10.9. The molecule has 0 aliphatic heterocycles. The van der Waals surface area contributed by atoms with Crippen molar-refractivity contribution in [1.82, 2.24) is 4.72 Å². The molecule has 0 atom stereocenters. The molecule has 2 rings (SSSR count). The van der Waals surface area contributed by atoms with Gasteiger partial charge in [-0.3, -0.25) is 0 Å². The summed E-state index contributed by atoms with van der Waals surface area (Å²) < 4.78 is 42.8. The summed E-state index contributed by atoms with van der Waals surface area (Å²) in [4.78, 5) is 0. The molecule has 0 radical (unpaired) electrons. The van der Waals surface area contributed by atoms with Crippen molar-refractivity contribution in [2.24, 2.45) is 0 Å². The number of rotatable bonds is 8. The van der Waals surface area contributed by atoms with Crippen molar-refractivity contribution in [3.8, 4) is 17.2 Å². The fourth-order valence-corrected chi connectivity index (χ4v) is 4.26. The van der Waals surface area contributed by atoms with E-state index in [2.05, 4.69) is 4.72 Å². The number of halogens is 1. The van der Waals surface area contributed by atoms with Crippen LogP contribution in [0, 0.1) is 0 Å². The number of hydrogen-bond donors (Lipinski definition) is 1. The first kappa shape index (κ1) is 17.9. The maximum Gasteiger partial charge on any atom is 0.250 e. The van der Waals surface area contributed by atoms with Crippen LogP contribution in [0.3, 0.4) is 0 Å². The van der Waals surface area contributed by atoms with Crippen LogP contribution in [0.4, 0.5) is 0 Å². The third kappa shape index (κ3) is 5.00. The Morgan fingerprint density at radius 2 is 1.70 bits per heavy atom. The van der Waals surface area contributed by atoms with Crippen molar-refractivity contribution < 1.29 is 22.6 Å². The molecule has 0 spiro atoms. The zero-order valence-electron chi connectivity index (χ0n) is 12.5. The van der Waals surface area contributed by atoms with Gasteiger partial charge in [0.05, 0.1) is 18.6 Å². The molecule has 1 aromatic carbocycles. The Hall–Kier alpha value is -1.48. The minimum absolute atomic E-state index is 0.122. The Labute approximate surface area is 144 Å². The summed E-state index contributed by atoms with van der Waals surface area (Å²) in [5, 5.41) is 0. The van der Waals surface area contributed by atoms with Gasteiger partial charge in [0.2, 0.25) is 10.0 Å². The van der Waals surface area contributed by atoms with Gasteiger partial charge in [-0.2, -0.15) is 0 Å². The molecule has 126 valence electrons. The lowest BCUT2D eigenvalue weighted by atomic mass is 10.3. The van der Waals surface area contributed by atoms with E-state index in [1.807, 2.05) is 0 Å². The average Bonchev–Trinajstić information content (AvgIpc) is 2.98. The second-order valence-electron chi connectivity index (χ2n) is 4.35. The SMILES string of the molecule is COc1cc(OC)cc(OCCNS(=O)(=O)c2ccc(Cl)s2)c1. The molecule has 0 saturated carbocycles. The molecular weight excluding hydrogens is 362 g/mol. The number of ether oxygens (including phenoxy) is 3. The first-order valence-electron chi connectivity index (χ1n) is 6.55. The fourth-order valence-electron chi connectivity index (χ4n) is 1.72. The maximum atomic E-state index is 12.0. The van der Waals surface area contributed by atoms with E-state index < -0.39 is 10.0 Å². The number of nitrogens with one attached hydrogen (secondary N) is 1. The largest absolute Gasteiger partial charge is 0.496 e. The van der Waals surface area contributed by atoms with Crippen molar-refractivity contribution in [2.45, 2.75) is 4.21 Å². The standard InChI is InChI=1S/C14H16ClNO5S2/c1-19-10-7-11(20-2)9-12(8-10)21-6-5-16-23(17,18)14-4-3-13(15)22-14/h3-4,7-9,16H,5-6H2,1-2H3. The Bertz CT molecular complexity index is 738. The minimum atomic E-state index is -3.56. The molecular formula is C14H16ClNO5S2. The van der Waals surface area contributed by atoms with Gasteiger partial charge in [-0.25, -0.2) is 13.1 Å². The average molecular weight is 378 g/mol. The van der Waals surface area contributed by atoms with E-state index in [0.29, 0.717) is 21.6 Å². The van der Waals surface area contributed by atoms with E-state index in [9.17, 15) is 8.42 Å². The highest BCUT2D eigenvalue weighted by molar-refractivity contribution is 7.91. The number of sulfonamides is 1. The van der Waals surface area contributed by atoms with E-state index in [4.69, 9.17) is 25.8 Å². The van der Waals surface area contributed by atoms with Gasteiger partial charge >= 0.3 is 0 Å². The molecule has 0 saturated heterocycles. The van der Waals surface area contributed by atoms with Gasteiger partial charge in [0.15, 0.2) is 0 Å². The lowest BCUT2D eigenvalue weighted by Crippen LogP contribution is -2.27. The number of thiophene rings is 1. The molecule has 2 aromatic rings. The van der Waals surface area contributed by atoms with Crippen LogP contribution < -0.4 is 18.9 Å². The second-order valence-corrected chi connectivity index (χ2v) is 8.06. The molecule has 0 amide bonds. The van der Waals surface area contributed by atoms with Crippen LogP contribution in [-0.2, 0) is 10.0 Å². The molecule has 6 nitrogen and oxygen atoms in total. The van der Waals surface area contributed by atoms with Crippen molar-refractivity contribution in [3.05, 3.63) is 34.7 Å². The monoisotopic (exact) mass is 377 g/mol. The van der Waals surface area contributed by atoms with E-state index >= 15 is 0 Å². The number of methoxy groups -OCH3 is 2. The number of benzene rings is 1. The Balaban J connectivity index is 1.90. The molecule has 23 heavy (non-hydrogen) atoms. The maximum absolute atomic E-state index is 12.0. The Morgan fingerprint density at radius 3 is 2.22 bits per heavy atom. The van der Waals surface area contributed by atoms with Crippen LogP contribution in [0.15, 0.2) is 34.5 Å². The van der Waals surface area contributed by atoms with Crippen molar-refractivity contribution in [1.29, 1.82) is 0 Å². The summed E-state index contributed by atoms with van der Waals surface area (Å²) in [6.07, 6.45) is 0. The summed E-state index contributed by atoms with van der Waals surface area (Å²) in [7, 11) is -0.484. The highest BCUT2D eigenvalue weighted by Crippen LogP contribution is 2.27. The highest BCUT2D eigenvalue weighted by atomic mass is 35.5. The van der Waals surface area contributed by atoms with E-state index in [0.717, 1.165) is 11.3 Å². The molecule has 0 unspecified atom stereocenters. The first-order valence-corrected chi connectivity index (χ1v) is 9.23. The van der Waals surface area contributed by atoms with Crippen LogP contribution in [-0.4, -0.2) is 35.8 Å². The molecule has 0 fully saturated rings. The fraction of sp³-hybridized carbons (Fsp3) is 0.286. The van der Waals surface area contributed by atoms with E-state index in [1.54, 1.807) is 38.5 Å². The Kier molecular flexibility index (Phi) is 6.11. The second kappa shape index (κ2) is 7.87. The Morgan fingerprint density at radius 1 is 1.09 bits per heavy atom. The molecule has 0 aliphatic carbocycles. The van der Waals surface area contributed by atoms with Crippen molar-refractivity contribution >= 4 is 33.0 Å². The van der Waals surface area contributed by atoms with E-state index in [1.165, 1.54) is 6.07 Å². The van der Waals surface area contributed by atoms with Gasteiger partial charge in [-0.15, -0.1) is 11.3 Å². The summed E-state index contributed by atoms with van der Waals surface area (Å²) >= 11 is 6.74. The summed E-state index contributed by atoms with van der Waals surface area (Å²) in [6, 6.07) is 8.10. The van der Waals surface area contributed by atoms with Gasteiger partial charge in [-0.05, 0) is 12.1 Å². The normalized spacial score (nSPS) is 11.3. The van der Waals surface area contributed by atoms with Crippen LogP contribution in [0.2, 0.25) is 4.34 Å². The van der Waals surface area contributed by atoms with E-state index in [-0.39, 0.29) is 17.4 Å². The lowest BCUT2D eigenvalue weighted by molar-refractivity contribution is 0.316. The lowest BCUT2D eigenvalue weighted by Gasteiger charge is -2.10. The molecule has 0 aliphatic rings. The van der Waals surface area contributed by atoms with Crippen LogP contribution >= 0.6 is 22.9 Å². The third-order valence-corrected chi connectivity index (χ3v) is 5.99. The quantitative estimate of drug-likeness (QED) is 0.716. The smallest absolute Gasteiger partial charge is 0.250 e. The van der Waals surface area contributed by atoms with Crippen LogP contribution in [0.5, 0.6) is 17.2 Å². The van der Waals surface area contributed by atoms with Gasteiger partial charge < -0.3 is 14.2 Å². The van der Waals surface area contributed by atoms with Gasteiger partial charge in [-0.1, -0.05) is 11.6 Å².